The zero-order chi connectivity index (χ0) is 14.9. The molecular weight excluding hydrogens is 260 g/mol. The average Bonchev–Trinajstić information content (AvgIpc) is 2.54. The van der Waals surface area contributed by atoms with E-state index in [1.807, 2.05) is 25.1 Å². The first kappa shape index (κ1) is 14.1. The predicted octanol–water partition coefficient (Wildman–Crippen LogP) is 3.56. The number of amides is 1. The molecule has 1 aliphatic carbocycles. The van der Waals surface area contributed by atoms with E-state index in [1.165, 1.54) is 6.42 Å². The summed E-state index contributed by atoms with van der Waals surface area (Å²) >= 11 is 0. The van der Waals surface area contributed by atoms with Gasteiger partial charge in [-0.15, -0.1) is 0 Å². The maximum Gasteiger partial charge on any atom is 0.221 e. The Morgan fingerprint density at radius 2 is 1.86 bits per heavy atom. The number of hydrogen-bond acceptors (Lipinski definition) is 2. The van der Waals surface area contributed by atoms with Crippen molar-refractivity contribution in [1.29, 1.82) is 0 Å². The van der Waals surface area contributed by atoms with Gasteiger partial charge in [0.25, 0.3) is 0 Å². The largest absolute Gasteiger partial charge is 0.369 e. The third-order valence-corrected chi connectivity index (χ3v) is 5.11. The van der Waals surface area contributed by atoms with E-state index in [9.17, 15) is 4.79 Å². The maximum absolute atomic E-state index is 11.8. The number of hydrogen-bond donors (Lipinski definition) is 1. The molecule has 0 saturated heterocycles. The van der Waals surface area contributed by atoms with Gasteiger partial charge < -0.3 is 5.73 Å². The first-order chi connectivity index (χ1) is 10.1. The van der Waals surface area contributed by atoms with Crippen LogP contribution in [0.15, 0.2) is 36.4 Å². The minimum atomic E-state index is -0.216. The number of carbonyl (C=O) groups is 1. The zero-order valence-corrected chi connectivity index (χ0v) is 12.5. The van der Waals surface area contributed by atoms with Gasteiger partial charge in [-0.05, 0) is 25.0 Å². The molecule has 0 radical (unpaired) electrons. The number of rotatable bonds is 3. The summed E-state index contributed by atoms with van der Waals surface area (Å²) in [5, 5.41) is 1.14. The quantitative estimate of drug-likeness (QED) is 0.935. The molecule has 0 bridgehead atoms. The number of benzene rings is 1. The fraction of sp³-hybridized carbons (Fsp3) is 0.444. The molecule has 0 spiro atoms. The second-order valence-corrected chi connectivity index (χ2v) is 6.23. The number of aromatic nitrogens is 1. The van der Waals surface area contributed by atoms with E-state index in [4.69, 9.17) is 10.7 Å². The summed E-state index contributed by atoms with van der Waals surface area (Å²) in [6, 6.07) is 12.3. The number of fused-ring (bicyclic) bond motifs is 1. The Labute approximate surface area is 125 Å². The molecule has 1 amide bonds. The molecule has 1 heterocycles. The van der Waals surface area contributed by atoms with Gasteiger partial charge in [0, 0.05) is 22.4 Å². The van der Waals surface area contributed by atoms with Gasteiger partial charge in [0.1, 0.15) is 0 Å². The van der Waals surface area contributed by atoms with Crippen LogP contribution in [0.3, 0.4) is 0 Å². The summed E-state index contributed by atoms with van der Waals surface area (Å²) in [6.07, 6.45) is 5.53. The molecule has 1 aliphatic rings. The Bertz CT molecular complexity index is 659. The van der Waals surface area contributed by atoms with Crippen molar-refractivity contribution in [2.24, 2.45) is 11.7 Å². The van der Waals surface area contributed by atoms with Crippen LogP contribution in [-0.4, -0.2) is 10.9 Å². The lowest BCUT2D eigenvalue weighted by molar-refractivity contribution is -0.124. The highest BCUT2D eigenvalue weighted by molar-refractivity contribution is 5.80. The molecule has 3 heteroatoms. The van der Waals surface area contributed by atoms with Gasteiger partial charge >= 0.3 is 0 Å². The van der Waals surface area contributed by atoms with Crippen LogP contribution in [-0.2, 0) is 10.2 Å². The molecule has 1 aromatic carbocycles. The van der Waals surface area contributed by atoms with Crippen molar-refractivity contribution < 1.29 is 4.79 Å². The molecule has 1 fully saturated rings. The Morgan fingerprint density at radius 1 is 1.14 bits per heavy atom. The second-order valence-electron chi connectivity index (χ2n) is 6.23. The first-order valence-corrected chi connectivity index (χ1v) is 7.79. The number of nitrogens with zero attached hydrogens (tertiary/aromatic N) is 1. The minimum absolute atomic E-state index is 0.175. The van der Waals surface area contributed by atoms with E-state index >= 15 is 0 Å². The Morgan fingerprint density at radius 3 is 2.57 bits per heavy atom. The summed E-state index contributed by atoms with van der Waals surface area (Å²) in [4.78, 5) is 16.7. The van der Waals surface area contributed by atoms with Crippen LogP contribution in [0.25, 0.3) is 10.9 Å². The molecule has 1 aromatic heterocycles. The Kier molecular flexibility index (Phi) is 3.66. The summed E-state index contributed by atoms with van der Waals surface area (Å²) in [6.45, 7) is 1.96. The second kappa shape index (κ2) is 5.47. The van der Waals surface area contributed by atoms with Crippen LogP contribution in [0.4, 0.5) is 0 Å². The molecular formula is C18H22N2O. The number of nitrogens with two attached hydrogens (primary N) is 1. The van der Waals surface area contributed by atoms with Crippen molar-refractivity contribution in [2.45, 2.75) is 44.4 Å². The summed E-state index contributed by atoms with van der Waals surface area (Å²) in [5.74, 6) is -0.390. The third kappa shape index (κ3) is 2.41. The smallest absolute Gasteiger partial charge is 0.221 e. The molecule has 0 aliphatic heterocycles. The minimum Gasteiger partial charge on any atom is -0.369 e. The van der Waals surface area contributed by atoms with Gasteiger partial charge in [0.15, 0.2) is 0 Å². The first-order valence-electron chi connectivity index (χ1n) is 7.79. The van der Waals surface area contributed by atoms with Crippen LogP contribution in [0.2, 0.25) is 0 Å². The number of carbonyl (C=O) groups excluding carboxylic acids is 1. The number of primary amides is 1. The van der Waals surface area contributed by atoms with Gasteiger partial charge in [-0.3, -0.25) is 9.78 Å². The van der Waals surface area contributed by atoms with Crippen molar-refractivity contribution in [3.63, 3.8) is 0 Å². The molecule has 1 atom stereocenters. The standard InChI is InChI=1S/C18H22N2O/c1-13(17(19)21)18(11-5-2-6-12-18)16-10-9-14-7-3-4-8-15(14)20-16/h3-4,7-10,13H,2,5-6,11-12H2,1H3,(H2,19,21). The van der Waals surface area contributed by atoms with Crippen molar-refractivity contribution >= 4 is 16.8 Å². The van der Waals surface area contributed by atoms with Gasteiger partial charge in [-0.25, -0.2) is 0 Å². The Hall–Kier alpha value is -1.90. The van der Waals surface area contributed by atoms with Gasteiger partial charge in [-0.1, -0.05) is 50.5 Å². The van der Waals surface area contributed by atoms with E-state index in [0.29, 0.717) is 0 Å². The van der Waals surface area contributed by atoms with E-state index < -0.39 is 0 Å². The number of para-hydroxylation sites is 1. The topological polar surface area (TPSA) is 56.0 Å². The molecule has 3 rings (SSSR count). The predicted molar refractivity (Wildman–Crippen MR) is 84.9 cm³/mol. The van der Waals surface area contributed by atoms with E-state index in [-0.39, 0.29) is 17.2 Å². The van der Waals surface area contributed by atoms with E-state index in [1.54, 1.807) is 0 Å². The van der Waals surface area contributed by atoms with Crippen molar-refractivity contribution in [3.05, 3.63) is 42.1 Å². The average molecular weight is 282 g/mol. The summed E-state index contributed by atoms with van der Waals surface area (Å²) in [5.41, 5.74) is 7.48. The third-order valence-electron chi connectivity index (χ3n) is 5.11. The molecule has 2 aromatic rings. The highest BCUT2D eigenvalue weighted by atomic mass is 16.1. The van der Waals surface area contributed by atoms with Crippen LogP contribution in [0.5, 0.6) is 0 Å². The van der Waals surface area contributed by atoms with Gasteiger partial charge in [-0.2, -0.15) is 0 Å². The van der Waals surface area contributed by atoms with Crippen LogP contribution >= 0.6 is 0 Å². The van der Waals surface area contributed by atoms with Crippen LogP contribution < -0.4 is 5.73 Å². The lowest BCUT2D eigenvalue weighted by atomic mass is 9.64. The van der Waals surface area contributed by atoms with Crippen molar-refractivity contribution in [1.82, 2.24) is 4.98 Å². The lowest BCUT2D eigenvalue weighted by Crippen LogP contribution is -2.43. The fourth-order valence-electron chi connectivity index (χ4n) is 3.71. The molecule has 1 saturated carbocycles. The van der Waals surface area contributed by atoms with Gasteiger partial charge in [0.2, 0.25) is 5.91 Å². The fourth-order valence-corrected chi connectivity index (χ4v) is 3.71. The highest BCUT2D eigenvalue weighted by Gasteiger charge is 2.42. The van der Waals surface area contributed by atoms with Crippen LogP contribution in [0.1, 0.15) is 44.7 Å². The normalized spacial score (nSPS) is 19.3. The number of pyridine rings is 1. The van der Waals surface area contributed by atoms with Crippen molar-refractivity contribution in [3.8, 4) is 0 Å². The molecule has 110 valence electrons. The maximum atomic E-state index is 11.8. The van der Waals surface area contributed by atoms with Crippen LogP contribution in [0, 0.1) is 5.92 Å². The van der Waals surface area contributed by atoms with E-state index in [0.717, 1.165) is 42.3 Å². The van der Waals surface area contributed by atoms with Crippen molar-refractivity contribution in [2.75, 3.05) is 0 Å². The highest BCUT2D eigenvalue weighted by Crippen LogP contribution is 2.44. The molecule has 21 heavy (non-hydrogen) atoms. The van der Waals surface area contributed by atoms with E-state index in [2.05, 4.69) is 18.2 Å². The summed E-state index contributed by atoms with van der Waals surface area (Å²) < 4.78 is 0. The Balaban J connectivity index is 2.11. The molecule has 3 nitrogen and oxygen atoms in total. The molecule has 1 unspecified atom stereocenters. The zero-order valence-electron chi connectivity index (χ0n) is 12.5. The molecule has 2 N–H and O–H groups in total. The summed E-state index contributed by atoms with van der Waals surface area (Å²) in [7, 11) is 0. The monoisotopic (exact) mass is 282 g/mol. The van der Waals surface area contributed by atoms with Gasteiger partial charge in [0.05, 0.1) is 5.52 Å². The SMILES string of the molecule is CC(C(N)=O)C1(c2ccc3ccccc3n2)CCCCC1. The lowest BCUT2D eigenvalue weighted by Gasteiger charge is -2.40.